The normalized spacial score (nSPS) is 20.4. The molecule has 2 aromatic carbocycles. The molecule has 2 aliphatic heterocycles. The first-order valence-corrected chi connectivity index (χ1v) is 14.9. The van der Waals surface area contributed by atoms with Gasteiger partial charge in [-0.25, -0.2) is 18.7 Å². The molecular weight excluding hydrogens is 572 g/mol. The van der Waals surface area contributed by atoms with Crippen molar-refractivity contribution in [3.63, 3.8) is 0 Å². The second-order valence-electron chi connectivity index (χ2n) is 11.4. The van der Waals surface area contributed by atoms with E-state index in [2.05, 4.69) is 32.4 Å². The zero-order valence-electron chi connectivity index (χ0n) is 24.5. The number of piperidine rings is 1. The SMILES string of the molecule is C[C@H]1C[C@@H](Oc2ccnc(COc3ccc(F)cc3F)n2)CCN1Cc1nc2ccc(CCC(=O)O)cc2n1C[C@@H]1CCO1. The Bertz CT molecular complexity index is 1630. The Morgan fingerprint density at radius 3 is 2.75 bits per heavy atom. The Morgan fingerprint density at radius 1 is 1.14 bits per heavy atom. The average molecular weight is 608 g/mol. The number of likely N-dealkylation sites (tertiary alicyclic amines) is 1. The maximum Gasteiger partial charge on any atom is 0.303 e. The molecule has 2 aliphatic rings. The quantitative estimate of drug-likeness (QED) is 0.240. The van der Waals surface area contributed by atoms with Gasteiger partial charge in [-0.2, -0.15) is 4.98 Å². The molecule has 44 heavy (non-hydrogen) atoms. The highest BCUT2D eigenvalue weighted by Gasteiger charge is 2.29. The number of halogens is 2. The maximum absolute atomic E-state index is 13.9. The van der Waals surface area contributed by atoms with Crippen molar-refractivity contribution in [2.45, 2.75) is 77.0 Å². The molecule has 0 unspecified atom stereocenters. The summed E-state index contributed by atoms with van der Waals surface area (Å²) in [6, 6.07) is 11.0. The van der Waals surface area contributed by atoms with Crippen LogP contribution in [-0.2, 0) is 35.6 Å². The molecule has 3 atom stereocenters. The molecule has 232 valence electrons. The smallest absolute Gasteiger partial charge is 0.303 e. The predicted octanol–water partition coefficient (Wildman–Crippen LogP) is 4.92. The molecule has 0 bridgehead atoms. The molecule has 2 fully saturated rings. The van der Waals surface area contributed by atoms with Crippen LogP contribution < -0.4 is 9.47 Å². The second-order valence-corrected chi connectivity index (χ2v) is 11.4. The molecule has 12 heteroatoms. The summed E-state index contributed by atoms with van der Waals surface area (Å²) in [6.07, 6.45) is 4.85. The number of nitrogens with zero attached hydrogens (tertiary/aromatic N) is 5. The number of benzene rings is 2. The molecular formula is C32H35F2N5O5. The summed E-state index contributed by atoms with van der Waals surface area (Å²) in [5.41, 5.74) is 2.89. The molecule has 1 N–H and O–H groups in total. The number of hydrogen-bond donors (Lipinski definition) is 1. The Kier molecular flexibility index (Phi) is 8.99. The van der Waals surface area contributed by atoms with E-state index in [4.69, 9.17) is 24.3 Å². The number of rotatable bonds is 12. The van der Waals surface area contributed by atoms with Crippen LogP contribution in [0.25, 0.3) is 11.0 Å². The third-order valence-electron chi connectivity index (χ3n) is 8.23. The number of carboxylic acids is 1. The van der Waals surface area contributed by atoms with E-state index in [1.807, 2.05) is 12.1 Å². The molecule has 0 radical (unpaired) electrons. The van der Waals surface area contributed by atoms with Gasteiger partial charge in [0.25, 0.3) is 0 Å². The van der Waals surface area contributed by atoms with Crippen molar-refractivity contribution in [1.82, 2.24) is 24.4 Å². The first-order valence-electron chi connectivity index (χ1n) is 14.9. The fraction of sp³-hybridized carbons (Fsp3) is 0.438. The molecule has 6 rings (SSSR count). The lowest BCUT2D eigenvalue weighted by Gasteiger charge is -2.37. The van der Waals surface area contributed by atoms with Crippen LogP contribution in [0.4, 0.5) is 8.78 Å². The van der Waals surface area contributed by atoms with E-state index >= 15 is 0 Å². The van der Waals surface area contributed by atoms with Crippen LogP contribution in [0, 0.1) is 11.6 Å². The summed E-state index contributed by atoms with van der Waals surface area (Å²) >= 11 is 0. The van der Waals surface area contributed by atoms with Crippen molar-refractivity contribution in [2.24, 2.45) is 0 Å². The van der Waals surface area contributed by atoms with E-state index in [-0.39, 0.29) is 37.0 Å². The summed E-state index contributed by atoms with van der Waals surface area (Å²) in [5, 5.41) is 9.12. The number of carboxylic acid groups (broad SMARTS) is 1. The Hall–Kier alpha value is -4.16. The zero-order chi connectivity index (χ0) is 30.6. The standard InChI is InChI=1S/C32H35F2N5O5/c1-20-14-23(44-31-8-11-35-29(37-31)19-43-28-6-4-22(33)16-25(28)34)9-12-38(20)18-30-36-26-5-2-21(3-7-32(40)41)15-27(26)39(30)17-24-10-13-42-24/h2,4-6,8,11,15-16,20,23-24H,3,7,9-10,12-14,17-19H2,1H3,(H,40,41)/t20-,23-,24-/m0/s1. The Labute approximate surface area is 253 Å². The molecule has 10 nitrogen and oxygen atoms in total. The minimum Gasteiger partial charge on any atom is -0.483 e. The van der Waals surface area contributed by atoms with E-state index in [0.29, 0.717) is 24.7 Å². The molecule has 2 aromatic heterocycles. The topological polar surface area (TPSA) is 112 Å². The number of aliphatic carboxylic acids is 1. The summed E-state index contributed by atoms with van der Waals surface area (Å²) in [7, 11) is 0. The van der Waals surface area contributed by atoms with Crippen LogP contribution in [0.1, 0.15) is 49.8 Å². The van der Waals surface area contributed by atoms with Gasteiger partial charge in [-0.05, 0) is 62.4 Å². The molecule has 2 saturated heterocycles. The molecule has 0 amide bonds. The third-order valence-corrected chi connectivity index (χ3v) is 8.23. The lowest BCUT2D eigenvalue weighted by molar-refractivity contribution is -0.136. The monoisotopic (exact) mass is 607 g/mol. The average Bonchev–Trinajstić information content (AvgIpc) is 3.31. The van der Waals surface area contributed by atoms with Gasteiger partial charge < -0.3 is 23.9 Å². The number of ether oxygens (including phenoxy) is 3. The van der Waals surface area contributed by atoms with E-state index < -0.39 is 17.6 Å². The van der Waals surface area contributed by atoms with Crippen LogP contribution in [0.3, 0.4) is 0 Å². The van der Waals surface area contributed by atoms with Gasteiger partial charge in [-0.15, -0.1) is 0 Å². The Morgan fingerprint density at radius 2 is 2.00 bits per heavy atom. The van der Waals surface area contributed by atoms with Gasteiger partial charge in [0.05, 0.1) is 30.2 Å². The van der Waals surface area contributed by atoms with Gasteiger partial charge in [0.2, 0.25) is 5.88 Å². The van der Waals surface area contributed by atoms with Gasteiger partial charge in [-0.3, -0.25) is 9.69 Å². The number of carbonyl (C=O) groups is 1. The van der Waals surface area contributed by atoms with Crippen molar-refractivity contribution in [3.8, 4) is 11.6 Å². The first kappa shape index (κ1) is 29.9. The van der Waals surface area contributed by atoms with Gasteiger partial charge in [-0.1, -0.05) is 6.07 Å². The molecule has 0 aliphatic carbocycles. The second kappa shape index (κ2) is 13.2. The predicted molar refractivity (Wildman–Crippen MR) is 156 cm³/mol. The summed E-state index contributed by atoms with van der Waals surface area (Å²) in [5.74, 6) is -0.624. The lowest BCUT2D eigenvalue weighted by atomic mass is 10.0. The van der Waals surface area contributed by atoms with Gasteiger partial charge in [0, 0.05) is 43.9 Å². The summed E-state index contributed by atoms with van der Waals surface area (Å²) < 4.78 is 46.7. The highest BCUT2D eigenvalue weighted by Crippen LogP contribution is 2.27. The molecule has 4 heterocycles. The van der Waals surface area contributed by atoms with Crippen LogP contribution in [0.2, 0.25) is 0 Å². The number of fused-ring (bicyclic) bond motifs is 1. The minimum atomic E-state index is -0.809. The Balaban J connectivity index is 1.09. The highest BCUT2D eigenvalue weighted by atomic mass is 19.1. The van der Waals surface area contributed by atoms with E-state index in [9.17, 15) is 13.6 Å². The summed E-state index contributed by atoms with van der Waals surface area (Å²) in [6.45, 7) is 5.07. The number of aromatic nitrogens is 4. The van der Waals surface area contributed by atoms with E-state index in [1.165, 1.54) is 6.07 Å². The minimum absolute atomic E-state index is 0.0431. The highest BCUT2D eigenvalue weighted by molar-refractivity contribution is 5.77. The molecule has 0 spiro atoms. The number of hydrogen-bond acceptors (Lipinski definition) is 8. The van der Waals surface area contributed by atoms with Crippen molar-refractivity contribution in [3.05, 3.63) is 77.5 Å². The van der Waals surface area contributed by atoms with Crippen molar-refractivity contribution >= 4 is 17.0 Å². The van der Waals surface area contributed by atoms with Crippen LogP contribution in [0.5, 0.6) is 11.6 Å². The van der Waals surface area contributed by atoms with Gasteiger partial charge in [0.1, 0.15) is 24.4 Å². The fourth-order valence-electron chi connectivity index (χ4n) is 5.70. The van der Waals surface area contributed by atoms with Crippen molar-refractivity contribution in [2.75, 3.05) is 13.2 Å². The van der Waals surface area contributed by atoms with Gasteiger partial charge in [0.15, 0.2) is 17.4 Å². The first-order chi connectivity index (χ1) is 21.3. The maximum atomic E-state index is 13.9. The zero-order valence-corrected chi connectivity index (χ0v) is 24.5. The lowest BCUT2D eigenvalue weighted by Crippen LogP contribution is -2.44. The van der Waals surface area contributed by atoms with E-state index in [0.717, 1.165) is 73.5 Å². The van der Waals surface area contributed by atoms with Crippen LogP contribution >= 0.6 is 0 Å². The summed E-state index contributed by atoms with van der Waals surface area (Å²) in [4.78, 5) is 27.1. The van der Waals surface area contributed by atoms with Crippen LogP contribution in [0.15, 0.2) is 48.7 Å². The van der Waals surface area contributed by atoms with Crippen molar-refractivity contribution < 1.29 is 32.9 Å². The number of aryl methyl sites for hydroxylation is 1. The van der Waals surface area contributed by atoms with Crippen molar-refractivity contribution in [1.29, 1.82) is 0 Å². The third kappa shape index (κ3) is 7.13. The fourth-order valence-corrected chi connectivity index (χ4v) is 5.70. The number of imidazole rings is 1. The van der Waals surface area contributed by atoms with E-state index in [1.54, 1.807) is 12.3 Å². The van der Waals surface area contributed by atoms with Gasteiger partial charge >= 0.3 is 5.97 Å². The van der Waals surface area contributed by atoms with Crippen LogP contribution in [-0.4, -0.2) is 66.9 Å². The molecule has 0 saturated carbocycles. The largest absolute Gasteiger partial charge is 0.483 e. The molecule has 4 aromatic rings.